The highest BCUT2D eigenvalue weighted by molar-refractivity contribution is 5.82. The Morgan fingerprint density at radius 1 is 0.818 bits per heavy atom. The second-order valence-corrected chi connectivity index (χ2v) is 7.28. The number of aromatic nitrogens is 2. The molecule has 0 radical (unpaired) electrons. The third-order valence-electron chi connectivity index (χ3n) is 5.16. The monoisotopic (exact) mass is 448 g/mol. The van der Waals surface area contributed by atoms with Crippen LogP contribution in [-0.2, 0) is 19.8 Å². The summed E-state index contributed by atoms with van der Waals surface area (Å²) < 4.78 is 22.5. The van der Waals surface area contributed by atoms with E-state index in [4.69, 9.17) is 18.9 Å². The molecule has 4 rings (SSSR count). The predicted octanol–water partition coefficient (Wildman–Crippen LogP) is 3.59. The highest BCUT2D eigenvalue weighted by Gasteiger charge is 2.14. The molecule has 0 aliphatic carbocycles. The summed E-state index contributed by atoms with van der Waals surface area (Å²) in [5.41, 5.74) is 2.03. The van der Waals surface area contributed by atoms with Crippen LogP contribution in [0.15, 0.2) is 65.5 Å². The Morgan fingerprint density at radius 3 is 1.82 bits per heavy atom. The number of fused-ring (bicyclic) bond motifs is 1. The molecule has 2 N–H and O–H groups in total. The van der Waals surface area contributed by atoms with Crippen LogP contribution in [0.25, 0.3) is 10.9 Å². The molecular weight excluding hydrogens is 424 g/mol. The zero-order valence-electron chi connectivity index (χ0n) is 18.3. The first-order valence-electron chi connectivity index (χ1n) is 10.3. The van der Waals surface area contributed by atoms with Crippen LogP contribution in [0.3, 0.4) is 0 Å². The van der Waals surface area contributed by atoms with Crippen molar-refractivity contribution < 1.29 is 24.1 Å². The maximum absolute atomic E-state index is 12.6. The molecule has 33 heavy (non-hydrogen) atoms. The van der Waals surface area contributed by atoms with Gasteiger partial charge in [-0.25, -0.2) is 0 Å². The first-order chi connectivity index (χ1) is 16.1. The van der Waals surface area contributed by atoms with Crippen LogP contribution in [0, 0.1) is 0 Å². The van der Waals surface area contributed by atoms with E-state index in [1.165, 1.54) is 0 Å². The van der Waals surface area contributed by atoms with Crippen LogP contribution in [0.5, 0.6) is 23.0 Å². The fourth-order valence-corrected chi connectivity index (χ4v) is 3.27. The molecule has 8 heteroatoms. The van der Waals surface area contributed by atoms with Crippen molar-refractivity contribution in [3.05, 3.63) is 87.7 Å². The smallest absolute Gasteiger partial charge is 0.213 e. The summed E-state index contributed by atoms with van der Waals surface area (Å²) in [6.45, 7) is 0.105. The number of methoxy groups -OCH3 is 2. The highest BCUT2D eigenvalue weighted by atomic mass is 16.5. The fourth-order valence-electron chi connectivity index (χ4n) is 3.27. The summed E-state index contributed by atoms with van der Waals surface area (Å²) >= 11 is 0. The maximum Gasteiger partial charge on any atom is 0.213 e. The molecule has 0 saturated carbocycles. The molecule has 170 valence electrons. The molecular formula is C25H24N2O6. The lowest BCUT2D eigenvalue weighted by Crippen LogP contribution is -2.14. The van der Waals surface area contributed by atoms with Gasteiger partial charge in [0.05, 0.1) is 31.7 Å². The van der Waals surface area contributed by atoms with E-state index in [1.807, 2.05) is 48.5 Å². The van der Waals surface area contributed by atoms with E-state index in [0.717, 1.165) is 22.6 Å². The van der Waals surface area contributed by atoms with Crippen LogP contribution in [-0.4, -0.2) is 29.5 Å². The lowest BCUT2D eigenvalue weighted by Gasteiger charge is -2.15. The Balaban J connectivity index is 1.63. The van der Waals surface area contributed by atoms with Gasteiger partial charge >= 0.3 is 0 Å². The molecule has 1 aromatic heterocycles. The second-order valence-electron chi connectivity index (χ2n) is 7.28. The van der Waals surface area contributed by atoms with E-state index in [0.29, 0.717) is 29.0 Å². The number of nitrogens with zero attached hydrogens (tertiary/aromatic N) is 1. The molecule has 0 atom stereocenters. The van der Waals surface area contributed by atoms with E-state index < -0.39 is 6.61 Å². The number of H-pyrrole nitrogens is 1. The van der Waals surface area contributed by atoms with E-state index in [-0.39, 0.29) is 17.7 Å². The van der Waals surface area contributed by atoms with Crippen molar-refractivity contribution >= 4 is 10.9 Å². The van der Waals surface area contributed by atoms with Gasteiger partial charge in [-0.3, -0.25) is 9.89 Å². The lowest BCUT2D eigenvalue weighted by atomic mass is 10.1. The first kappa shape index (κ1) is 22.2. The number of benzene rings is 3. The molecule has 8 nitrogen and oxygen atoms in total. The van der Waals surface area contributed by atoms with Gasteiger partial charge in [0.15, 0.2) is 11.5 Å². The Bertz CT molecular complexity index is 1280. The van der Waals surface area contributed by atoms with E-state index in [2.05, 4.69) is 10.2 Å². The molecule has 0 bridgehead atoms. The second kappa shape index (κ2) is 10.1. The number of rotatable bonds is 9. The molecule has 1 heterocycles. The quantitative estimate of drug-likeness (QED) is 0.403. The average Bonchev–Trinajstić information content (AvgIpc) is 2.87. The average molecular weight is 448 g/mol. The Kier molecular flexibility index (Phi) is 6.75. The van der Waals surface area contributed by atoms with Gasteiger partial charge < -0.3 is 24.1 Å². The summed E-state index contributed by atoms with van der Waals surface area (Å²) in [5.74, 6) is 2.38. The van der Waals surface area contributed by atoms with Gasteiger partial charge in [0, 0.05) is 6.07 Å². The van der Waals surface area contributed by atoms with E-state index in [1.54, 1.807) is 26.4 Å². The maximum atomic E-state index is 12.6. The molecule has 0 unspecified atom stereocenters. The zero-order valence-corrected chi connectivity index (χ0v) is 18.3. The summed E-state index contributed by atoms with van der Waals surface area (Å²) in [7, 11) is 3.23. The lowest BCUT2D eigenvalue weighted by molar-refractivity contribution is 0.256. The van der Waals surface area contributed by atoms with Crippen molar-refractivity contribution in [1.29, 1.82) is 0 Å². The Labute approximate surface area is 190 Å². The first-order valence-corrected chi connectivity index (χ1v) is 10.3. The van der Waals surface area contributed by atoms with Crippen LogP contribution >= 0.6 is 0 Å². The minimum absolute atomic E-state index is 0.0375. The molecule has 0 saturated heterocycles. The minimum Gasteiger partial charge on any atom is -0.497 e. The van der Waals surface area contributed by atoms with Crippen molar-refractivity contribution in [3.8, 4) is 23.0 Å². The Hall–Kier alpha value is -4.04. The van der Waals surface area contributed by atoms with Crippen LogP contribution in [0.1, 0.15) is 16.8 Å². The van der Waals surface area contributed by atoms with Crippen molar-refractivity contribution in [2.24, 2.45) is 0 Å². The largest absolute Gasteiger partial charge is 0.497 e. The van der Waals surface area contributed by atoms with Crippen molar-refractivity contribution in [3.63, 3.8) is 0 Å². The van der Waals surface area contributed by atoms with Gasteiger partial charge in [-0.2, -0.15) is 5.10 Å². The summed E-state index contributed by atoms with van der Waals surface area (Å²) in [5, 5.41) is 16.5. The molecule has 0 aliphatic rings. The molecule has 0 spiro atoms. The standard InChI is InChI=1S/C25H24N2O6/c1-30-18-7-3-16(4-8-18)14-32-23-11-20-21(26-27-22(13-28)25(20)29)12-24(23)33-15-17-5-9-19(31-2)10-6-17/h3-12,28H,13-15H2,1-2H3,(H,26,29). The predicted molar refractivity (Wildman–Crippen MR) is 123 cm³/mol. The van der Waals surface area contributed by atoms with Crippen molar-refractivity contribution in [2.45, 2.75) is 19.8 Å². The molecule has 0 amide bonds. The van der Waals surface area contributed by atoms with Gasteiger partial charge in [-0.15, -0.1) is 0 Å². The minimum atomic E-state index is -0.455. The van der Waals surface area contributed by atoms with Crippen LogP contribution in [0.4, 0.5) is 0 Å². The summed E-state index contributed by atoms with van der Waals surface area (Å²) in [6.07, 6.45) is 0. The van der Waals surface area contributed by atoms with E-state index >= 15 is 0 Å². The number of hydrogen-bond donors (Lipinski definition) is 2. The normalized spacial score (nSPS) is 10.8. The molecule has 3 aromatic carbocycles. The number of aliphatic hydroxyl groups excluding tert-OH is 1. The number of ether oxygens (including phenoxy) is 4. The van der Waals surface area contributed by atoms with Gasteiger partial charge in [0.1, 0.15) is 30.4 Å². The number of aromatic amines is 1. The van der Waals surface area contributed by atoms with Crippen molar-refractivity contribution in [2.75, 3.05) is 14.2 Å². The van der Waals surface area contributed by atoms with Gasteiger partial charge in [-0.05, 0) is 41.5 Å². The van der Waals surface area contributed by atoms with Gasteiger partial charge in [0.2, 0.25) is 5.43 Å². The van der Waals surface area contributed by atoms with Crippen molar-refractivity contribution in [1.82, 2.24) is 10.2 Å². The summed E-state index contributed by atoms with van der Waals surface area (Å²) in [4.78, 5) is 12.6. The zero-order chi connectivity index (χ0) is 23.2. The summed E-state index contributed by atoms with van der Waals surface area (Å²) in [6, 6.07) is 18.3. The molecule has 4 aromatic rings. The third kappa shape index (κ3) is 5.07. The molecule has 0 aliphatic heterocycles. The third-order valence-corrected chi connectivity index (χ3v) is 5.16. The highest BCUT2D eigenvalue weighted by Crippen LogP contribution is 2.32. The Morgan fingerprint density at radius 2 is 1.33 bits per heavy atom. The fraction of sp³-hybridized carbons (Fsp3) is 0.200. The molecule has 0 fully saturated rings. The SMILES string of the molecule is COc1ccc(COc2cc3[nH]nc(CO)c(=O)c3cc2OCc2ccc(OC)cc2)cc1. The van der Waals surface area contributed by atoms with Gasteiger partial charge in [0.25, 0.3) is 0 Å². The van der Waals surface area contributed by atoms with Crippen LogP contribution < -0.4 is 24.4 Å². The van der Waals surface area contributed by atoms with Crippen LogP contribution in [0.2, 0.25) is 0 Å². The van der Waals surface area contributed by atoms with Gasteiger partial charge in [-0.1, -0.05) is 24.3 Å². The number of nitrogens with one attached hydrogen (secondary N) is 1. The number of hydrogen-bond acceptors (Lipinski definition) is 7. The topological polar surface area (TPSA) is 103 Å². The van der Waals surface area contributed by atoms with E-state index in [9.17, 15) is 9.90 Å². The number of aliphatic hydroxyl groups is 1.